The highest BCUT2D eigenvalue weighted by Gasteiger charge is 2.14. The smallest absolute Gasteiger partial charge is 0.269 e. The van der Waals surface area contributed by atoms with E-state index in [0.717, 1.165) is 4.90 Å². The van der Waals surface area contributed by atoms with Crippen LogP contribution in [-0.2, 0) is 4.79 Å². The van der Waals surface area contributed by atoms with Gasteiger partial charge in [-0.3, -0.25) is 20.4 Å². The molecule has 0 atom stereocenters. The molecule has 0 unspecified atom stereocenters. The molecule has 160 valence electrons. The first-order chi connectivity index (χ1) is 14.5. The zero-order valence-corrected chi connectivity index (χ0v) is 17.8. The van der Waals surface area contributed by atoms with Gasteiger partial charge < -0.3 is 18.9 Å². The highest BCUT2D eigenvalue weighted by molar-refractivity contribution is 8.00. The maximum atomic E-state index is 12.3. The van der Waals surface area contributed by atoms with E-state index >= 15 is 0 Å². The molecule has 0 aromatic heterocycles. The van der Waals surface area contributed by atoms with E-state index < -0.39 is 5.91 Å². The van der Waals surface area contributed by atoms with Gasteiger partial charge in [-0.15, -0.1) is 11.8 Å². The molecule has 0 radical (unpaired) electrons. The predicted molar refractivity (Wildman–Crippen MR) is 113 cm³/mol. The fraction of sp³-hybridized carbons (Fsp3) is 0.333. The van der Waals surface area contributed by atoms with Crippen molar-refractivity contribution in [1.82, 2.24) is 10.9 Å². The van der Waals surface area contributed by atoms with E-state index in [2.05, 4.69) is 10.9 Å². The minimum absolute atomic E-state index is 0.0235. The molecular formula is C21H24N2O6S. The van der Waals surface area contributed by atoms with Crippen molar-refractivity contribution in [2.75, 3.05) is 26.1 Å². The van der Waals surface area contributed by atoms with Crippen LogP contribution < -0.4 is 29.8 Å². The molecule has 0 fully saturated rings. The molecule has 0 spiro atoms. The molecule has 0 saturated heterocycles. The highest BCUT2D eigenvalue weighted by atomic mass is 32.2. The zero-order valence-electron chi connectivity index (χ0n) is 17.0. The summed E-state index contributed by atoms with van der Waals surface area (Å²) in [5, 5.41) is 0. The van der Waals surface area contributed by atoms with Crippen molar-refractivity contribution >= 4 is 23.6 Å². The van der Waals surface area contributed by atoms with Crippen molar-refractivity contribution in [3.63, 3.8) is 0 Å². The molecule has 2 N–H and O–H groups in total. The summed E-state index contributed by atoms with van der Waals surface area (Å²) >= 11 is 1.33. The zero-order chi connectivity index (χ0) is 21.5. The number of carbonyl (C=O) groups excluding carboxylic acids is 2. The van der Waals surface area contributed by atoms with E-state index in [1.165, 1.54) is 18.9 Å². The third-order valence-corrected chi connectivity index (χ3v) is 4.98. The first-order valence-corrected chi connectivity index (χ1v) is 10.4. The van der Waals surface area contributed by atoms with Gasteiger partial charge in [0.1, 0.15) is 13.2 Å². The fourth-order valence-electron chi connectivity index (χ4n) is 2.66. The maximum absolute atomic E-state index is 12.3. The van der Waals surface area contributed by atoms with Gasteiger partial charge in [0, 0.05) is 10.5 Å². The lowest BCUT2D eigenvalue weighted by Gasteiger charge is -2.18. The lowest BCUT2D eigenvalue weighted by Crippen LogP contribution is -2.42. The molecule has 2 aromatic carbocycles. The number of hydrogen-bond acceptors (Lipinski definition) is 7. The Bertz CT molecular complexity index is 918. The van der Waals surface area contributed by atoms with Crippen LogP contribution in [0.5, 0.6) is 23.0 Å². The first-order valence-electron chi connectivity index (χ1n) is 9.42. The Kier molecular flexibility index (Phi) is 7.29. The van der Waals surface area contributed by atoms with Crippen LogP contribution in [0.3, 0.4) is 0 Å². The molecule has 1 heterocycles. The number of ether oxygens (including phenoxy) is 4. The predicted octanol–water partition coefficient (Wildman–Crippen LogP) is 2.81. The molecular weight excluding hydrogens is 408 g/mol. The highest BCUT2D eigenvalue weighted by Crippen LogP contribution is 2.34. The van der Waals surface area contributed by atoms with Gasteiger partial charge in [0.15, 0.2) is 23.0 Å². The molecule has 2 amide bonds. The summed E-state index contributed by atoms with van der Waals surface area (Å²) in [4.78, 5) is 25.3. The van der Waals surface area contributed by atoms with Crippen LogP contribution in [0.25, 0.3) is 0 Å². The quantitative estimate of drug-likeness (QED) is 0.513. The number of fused-ring (bicyclic) bond motifs is 1. The van der Waals surface area contributed by atoms with Gasteiger partial charge in [-0.25, -0.2) is 0 Å². The monoisotopic (exact) mass is 432 g/mol. The second-order valence-electron chi connectivity index (χ2n) is 6.63. The number of nitrogens with one attached hydrogen (secondary N) is 2. The van der Waals surface area contributed by atoms with Gasteiger partial charge in [-0.2, -0.15) is 0 Å². The molecule has 0 aliphatic carbocycles. The van der Waals surface area contributed by atoms with E-state index in [1.54, 1.807) is 18.2 Å². The number of benzene rings is 2. The van der Waals surface area contributed by atoms with Gasteiger partial charge in [-0.1, -0.05) is 0 Å². The number of hydrazine groups is 1. The van der Waals surface area contributed by atoms with Crippen molar-refractivity contribution in [2.45, 2.75) is 24.8 Å². The normalized spacial score (nSPS) is 12.3. The lowest BCUT2D eigenvalue weighted by atomic mass is 10.2. The van der Waals surface area contributed by atoms with Crippen molar-refractivity contribution in [3.05, 3.63) is 42.0 Å². The summed E-state index contributed by atoms with van der Waals surface area (Å²) < 4.78 is 21.9. The van der Waals surface area contributed by atoms with Crippen molar-refractivity contribution in [2.24, 2.45) is 0 Å². The van der Waals surface area contributed by atoms with Crippen LogP contribution in [-0.4, -0.2) is 44.0 Å². The maximum Gasteiger partial charge on any atom is 0.269 e. The molecule has 1 aliphatic heterocycles. The van der Waals surface area contributed by atoms with Crippen LogP contribution in [0.4, 0.5) is 0 Å². The second-order valence-corrected chi connectivity index (χ2v) is 7.68. The number of methoxy groups -OCH3 is 1. The van der Waals surface area contributed by atoms with Gasteiger partial charge in [0.05, 0.1) is 19.0 Å². The summed E-state index contributed by atoms with van der Waals surface area (Å²) in [5.41, 5.74) is 5.15. The minimum Gasteiger partial charge on any atom is -0.493 e. The van der Waals surface area contributed by atoms with Crippen LogP contribution in [0, 0.1) is 0 Å². The summed E-state index contributed by atoms with van der Waals surface area (Å²) in [6.45, 7) is 4.83. The van der Waals surface area contributed by atoms with Gasteiger partial charge in [-0.05, 0) is 50.2 Å². The van der Waals surface area contributed by atoms with E-state index in [9.17, 15) is 9.59 Å². The summed E-state index contributed by atoms with van der Waals surface area (Å²) in [6, 6.07) is 10.3. The number of thioether (sulfide) groups is 1. The van der Waals surface area contributed by atoms with E-state index in [4.69, 9.17) is 18.9 Å². The fourth-order valence-corrected chi connectivity index (χ4v) is 3.38. The SMILES string of the molecule is COc1cc(C(=O)NNC(=O)CSc2ccc3c(c2)OCCO3)ccc1OC(C)C. The molecule has 3 rings (SSSR count). The number of amides is 2. The van der Waals surface area contributed by atoms with Crippen molar-refractivity contribution in [3.8, 4) is 23.0 Å². The molecule has 1 aliphatic rings. The average Bonchev–Trinajstić information content (AvgIpc) is 2.75. The van der Waals surface area contributed by atoms with Gasteiger partial charge >= 0.3 is 0 Å². The Hall–Kier alpha value is -3.07. The lowest BCUT2D eigenvalue weighted by molar-refractivity contribution is -0.119. The topological polar surface area (TPSA) is 95.1 Å². The Morgan fingerprint density at radius 1 is 1.03 bits per heavy atom. The molecule has 30 heavy (non-hydrogen) atoms. The Balaban J connectivity index is 1.50. The number of carbonyl (C=O) groups is 2. The molecule has 2 aromatic rings. The Morgan fingerprint density at radius 2 is 1.80 bits per heavy atom. The van der Waals surface area contributed by atoms with E-state index in [-0.39, 0.29) is 17.8 Å². The minimum atomic E-state index is -0.456. The third kappa shape index (κ3) is 5.73. The standard InChI is InChI=1S/C21H24N2O6S/c1-13(2)29-17-6-4-14(10-18(17)26-3)21(25)23-22-20(24)12-30-15-5-7-16-19(11-15)28-9-8-27-16/h4-7,10-11,13H,8-9,12H2,1-3H3,(H,22,24)(H,23,25). The van der Waals surface area contributed by atoms with E-state index in [0.29, 0.717) is 41.8 Å². The van der Waals surface area contributed by atoms with Crippen LogP contribution in [0.15, 0.2) is 41.3 Å². The number of rotatable bonds is 7. The molecule has 0 saturated carbocycles. The summed E-state index contributed by atoms with van der Waals surface area (Å²) in [5.74, 6) is 1.68. The van der Waals surface area contributed by atoms with Crippen molar-refractivity contribution in [1.29, 1.82) is 0 Å². The van der Waals surface area contributed by atoms with Crippen LogP contribution in [0.2, 0.25) is 0 Å². The third-order valence-electron chi connectivity index (χ3n) is 3.99. The van der Waals surface area contributed by atoms with Crippen molar-refractivity contribution < 1.29 is 28.5 Å². The van der Waals surface area contributed by atoms with Gasteiger partial charge in [0.2, 0.25) is 5.91 Å². The van der Waals surface area contributed by atoms with Crippen LogP contribution >= 0.6 is 11.8 Å². The van der Waals surface area contributed by atoms with Gasteiger partial charge in [0.25, 0.3) is 5.91 Å². The average molecular weight is 432 g/mol. The molecule has 0 bridgehead atoms. The Labute approximate surface area is 179 Å². The number of hydrogen-bond donors (Lipinski definition) is 2. The summed E-state index contributed by atoms with van der Waals surface area (Å²) in [7, 11) is 1.50. The van der Waals surface area contributed by atoms with E-state index in [1.807, 2.05) is 32.0 Å². The second kappa shape index (κ2) is 10.1. The molecule has 9 heteroatoms. The largest absolute Gasteiger partial charge is 0.493 e. The first kappa shape index (κ1) is 21.6. The van der Waals surface area contributed by atoms with Crippen LogP contribution in [0.1, 0.15) is 24.2 Å². The molecule has 8 nitrogen and oxygen atoms in total. The Morgan fingerprint density at radius 3 is 2.53 bits per heavy atom. The summed E-state index contributed by atoms with van der Waals surface area (Å²) in [6.07, 6.45) is -0.0235.